The number of aromatic nitrogens is 2. The zero-order chi connectivity index (χ0) is 14.1. The molecule has 1 atom stereocenters. The molecule has 20 heavy (non-hydrogen) atoms. The Hall–Kier alpha value is -1.92. The predicted octanol–water partition coefficient (Wildman–Crippen LogP) is 2.76. The van der Waals surface area contributed by atoms with E-state index in [0.29, 0.717) is 13.2 Å². The van der Waals surface area contributed by atoms with Gasteiger partial charge in [-0.1, -0.05) is 35.9 Å². The van der Waals surface area contributed by atoms with Crippen LogP contribution in [0.1, 0.15) is 17.2 Å². The molecule has 1 unspecified atom stereocenters. The van der Waals surface area contributed by atoms with Crippen molar-refractivity contribution in [3.63, 3.8) is 0 Å². The van der Waals surface area contributed by atoms with Crippen molar-refractivity contribution in [1.29, 1.82) is 0 Å². The molecule has 6 nitrogen and oxygen atoms in total. The van der Waals surface area contributed by atoms with E-state index < -0.39 is 4.92 Å². The van der Waals surface area contributed by atoms with Crippen molar-refractivity contribution in [2.75, 3.05) is 6.61 Å². The maximum absolute atomic E-state index is 10.7. The van der Waals surface area contributed by atoms with Gasteiger partial charge in [0.2, 0.25) is 0 Å². The molecule has 0 radical (unpaired) electrons. The number of hydrogen-bond acceptors (Lipinski definition) is 4. The zero-order valence-corrected chi connectivity index (χ0v) is 11.3. The Balaban J connectivity index is 1.86. The van der Waals surface area contributed by atoms with Gasteiger partial charge in [0.25, 0.3) is 0 Å². The van der Waals surface area contributed by atoms with Gasteiger partial charge in [-0.3, -0.25) is 0 Å². The summed E-state index contributed by atoms with van der Waals surface area (Å²) >= 11 is 5.79. The SMILES string of the molecule is O=[N+]([O-])c1nn(CC2OCCc3ccccc32)cc1Cl. The number of nitro groups is 1. The van der Waals surface area contributed by atoms with E-state index in [1.165, 1.54) is 16.4 Å². The third kappa shape index (κ3) is 2.39. The molecule has 0 spiro atoms. The van der Waals surface area contributed by atoms with E-state index in [1.54, 1.807) is 0 Å². The van der Waals surface area contributed by atoms with E-state index in [0.717, 1.165) is 12.0 Å². The Bertz CT molecular complexity index is 656. The molecule has 0 amide bonds. The number of rotatable bonds is 3. The first kappa shape index (κ1) is 13.1. The van der Waals surface area contributed by atoms with Gasteiger partial charge in [0.1, 0.15) is 6.10 Å². The highest BCUT2D eigenvalue weighted by Crippen LogP contribution is 2.29. The molecule has 0 aliphatic carbocycles. The fourth-order valence-corrected chi connectivity index (χ4v) is 2.62. The molecule has 1 aromatic heterocycles. The molecule has 1 aliphatic heterocycles. The first-order valence-electron chi connectivity index (χ1n) is 6.22. The van der Waals surface area contributed by atoms with Gasteiger partial charge in [-0.2, -0.15) is 4.68 Å². The van der Waals surface area contributed by atoms with Crippen LogP contribution in [0.5, 0.6) is 0 Å². The van der Waals surface area contributed by atoms with Crippen LogP contribution < -0.4 is 0 Å². The van der Waals surface area contributed by atoms with Crippen molar-refractivity contribution in [1.82, 2.24) is 9.78 Å². The first-order valence-corrected chi connectivity index (χ1v) is 6.59. The van der Waals surface area contributed by atoms with E-state index in [4.69, 9.17) is 16.3 Å². The highest BCUT2D eigenvalue weighted by atomic mass is 35.5. The minimum Gasteiger partial charge on any atom is -0.371 e. The van der Waals surface area contributed by atoms with Crippen LogP contribution in [0.3, 0.4) is 0 Å². The molecule has 1 aliphatic rings. The van der Waals surface area contributed by atoms with Crippen molar-refractivity contribution in [2.24, 2.45) is 0 Å². The average molecular weight is 294 g/mol. The summed E-state index contributed by atoms with van der Waals surface area (Å²) in [5.41, 5.74) is 2.35. The van der Waals surface area contributed by atoms with Gasteiger partial charge in [-0.15, -0.1) is 0 Å². The molecule has 0 fully saturated rings. The second-order valence-corrected chi connectivity index (χ2v) is 5.00. The molecule has 0 bridgehead atoms. The molecule has 0 saturated heterocycles. The fourth-order valence-electron chi connectivity index (χ4n) is 2.40. The predicted molar refractivity (Wildman–Crippen MR) is 72.7 cm³/mol. The quantitative estimate of drug-likeness (QED) is 0.644. The van der Waals surface area contributed by atoms with Crippen LogP contribution in [-0.4, -0.2) is 21.3 Å². The molecule has 0 N–H and O–H groups in total. The van der Waals surface area contributed by atoms with E-state index >= 15 is 0 Å². The lowest BCUT2D eigenvalue weighted by Crippen LogP contribution is -2.20. The van der Waals surface area contributed by atoms with Crippen LogP contribution in [0.2, 0.25) is 5.02 Å². The summed E-state index contributed by atoms with van der Waals surface area (Å²) in [7, 11) is 0. The number of nitrogens with zero attached hydrogens (tertiary/aromatic N) is 3. The number of fused-ring (bicyclic) bond motifs is 1. The number of halogens is 1. The topological polar surface area (TPSA) is 70.2 Å². The van der Waals surface area contributed by atoms with Crippen LogP contribution in [-0.2, 0) is 17.7 Å². The molecule has 104 valence electrons. The summed E-state index contributed by atoms with van der Waals surface area (Å²) in [6.07, 6.45) is 2.18. The Morgan fingerprint density at radius 3 is 3.05 bits per heavy atom. The molecule has 1 aromatic carbocycles. The molecule has 7 heteroatoms. The number of benzene rings is 1. The van der Waals surface area contributed by atoms with Gasteiger partial charge in [0.15, 0.2) is 5.02 Å². The largest absolute Gasteiger partial charge is 0.408 e. The Labute approximate surface area is 120 Å². The summed E-state index contributed by atoms with van der Waals surface area (Å²) < 4.78 is 7.21. The van der Waals surface area contributed by atoms with Gasteiger partial charge in [0, 0.05) is 0 Å². The van der Waals surface area contributed by atoms with E-state index in [9.17, 15) is 10.1 Å². The van der Waals surface area contributed by atoms with Crippen LogP contribution in [0.25, 0.3) is 0 Å². The summed E-state index contributed by atoms with van der Waals surface area (Å²) in [6.45, 7) is 1.04. The standard InChI is InChI=1S/C13H12ClN3O3/c14-11-7-16(15-13(11)17(18)19)8-12-10-4-2-1-3-9(10)5-6-20-12/h1-4,7,12H,5-6,8H2. The minimum atomic E-state index is -0.589. The fraction of sp³-hybridized carbons (Fsp3) is 0.308. The van der Waals surface area contributed by atoms with Crippen molar-refractivity contribution in [3.05, 3.63) is 56.7 Å². The maximum Gasteiger partial charge on any atom is 0.408 e. The Kier molecular flexibility index (Phi) is 3.42. The van der Waals surface area contributed by atoms with Gasteiger partial charge in [0.05, 0.1) is 24.4 Å². The third-order valence-corrected chi connectivity index (χ3v) is 3.58. The van der Waals surface area contributed by atoms with E-state index in [-0.39, 0.29) is 16.9 Å². The van der Waals surface area contributed by atoms with Crippen molar-refractivity contribution < 1.29 is 9.66 Å². The Morgan fingerprint density at radius 1 is 1.50 bits per heavy atom. The zero-order valence-electron chi connectivity index (χ0n) is 10.5. The molecule has 3 rings (SSSR count). The van der Waals surface area contributed by atoms with Crippen LogP contribution >= 0.6 is 11.6 Å². The average Bonchev–Trinajstić information content (AvgIpc) is 2.80. The smallest absolute Gasteiger partial charge is 0.371 e. The normalized spacial score (nSPS) is 17.8. The molecule has 2 heterocycles. The molecular weight excluding hydrogens is 282 g/mol. The molecular formula is C13H12ClN3O3. The molecule has 0 saturated carbocycles. The lowest BCUT2D eigenvalue weighted by molar-refractivity contribution is -0.389. The van der Waals surface area contributed by atoms with Crippen LogP contribution in [0.4, 0.5) is 5.82 Å². The molecule has 2 aromatic rings. The monoisotopic (exact) mass is 293 g/mol. The summed E-state index contributed by atoms with van der Waals surface area (Å²) in [5.74, 6) is -0.323. The Morgan fingerprint density at radius 2 is 2.30 bits per heavy atom. The minimum absolute atomic E-state index is 0.0408. The second-order valence-electron chi connectivity index (χ2n) is 4.59. The lowest BCUT2D eigenvalue weighted by Gasteiger charge is -2.25. The van der Waals surface area contributed by atoms with Crippen LogP contribution in [0, 0.1) is 10.1 Å². The maximum atomic E-state index is 10.7. The summed E-state index contributed by atoms with van der Waals surface area (Å²) in [4.78, 5) is 10.2. The van der Waals surface area contributed by atoms with Crippen molar-refractivity contribution in [3.8, 4) is 0 Å². The number of hydrogen-bond donors (Lipinski definition) is 0. The van der Waals surface area contributed by atoms with Gasteiger partial charge >= 0.3 is 5.82 Å². The van der Waals surface area contributed by atoms with E-state index in [2.05, 4.69) is 11.2 Å². The van der Waals surface area contributed by atoms with Gasteiger partial charge in [-0.05, 0) is 22.5 Å². The second kappa shape index (κ2) is 5.22. The third-order valence-electron chi connectivity index (χ3n) is 3.32. The van der Waals surface area contributed by atoms with E-state index in [1.807, 2.05) is 18.2 Å². The highest BCUT2D eigenvalue weighted by Gasteiger charge is 2.25. The van der Waals surface area contributed by atoms with Gasteiger partial charge < -0.3 is 14.9 Å². The van der Waals surface area contributed by atoms with Gasteiger partial charge in [-0.25, -0.2) is 0 Å². The number of ether oxygens (including phenoxy) is 1. The van der Waals surface area contributed by atoms with Crippen molar-refractivity contribution >= 4 is 17.4 Å². The van der Waals surface area contributed by atoms with Crippen molar-refractivity contribution in [2.45, 2.75) is 19.1 Å². The lowest BCUT2D eigenvalue weighted by atomic mass is 9.98. The summed E-state index contributed by atoms with van der Waals surface area (Å²) in [5, 5.41) is 14.7. The van der Waals surface area contributed by atoms with Crippen LogP contribution in [0.15, 0.2) is 30.5 Å². The summed E-state index contributed by atoms with van der Waals surface area (Å²) in [6, 6.07) is 8.04. The first-order chi connectivity index (χ1) is 9.65. The highest BCUT2D eigenvalue weighted by molar-refractivity contribution is 6.32.